The Morgan fingerprint density at radius 3 is 2.87 bits per heavy atom. The average molecular weight is 201 g/mol. The first-order valence-corrected chi connectivity index (χ1v) is 5.19. The highest BCUT2D eigenvalue weighted by atomic mass is 16.2. The fourth-order valence-electron chi connectivity index (χ4n) is 1.92. The Balaban J connectivity index is 2.51. The minimum Gasteiger partial charge on any atom is -0.396 e. The van der Waals surface area contributed by atoms with Crippen LogP contribution in [-0.4, -0.2) is 16.7 Å². The molecule has 2 aromatic rings. The van der Waals surface area contributed by atoms with Crippen molar-refractivity contribution in [1.29, 1.82) is 0 Å². The van der Waals surface area contributed by atoms with Gasteiger partial charge in [0.1, 0.15) is 0 Å². The second kappa shape index (κ2) is 4.32. The van der Waals surface area contributed by atoms with Gasteiger partial charge in [0.15, 0.2) is 0 Å². The fourth-order valence-corrected chi connectivity index (χ4v) is 1.92. The molecule has 2 rings (SSSR count). The summed E-state index contributed by atoms with van der Waals surface area (Å²) in [6.45, 7) is 4.03. The lowest BCUT2D eigenvalue weighted by Crippen LogP contribution is -1.90. The lowest BCUT2D eigenvalue weighted by atomic mass is 10.1. The molecule has 0 bridgehead atoms. The summed E-state index contributed by atoms with van der Waals surface area (Å²) < 4.78 is 0. The van der Waals surface area contributed by atoms with Gasteiger partial charge in [0.05, 0.1) is 0 Å². The maximum atomic E-state index is 8.86. The number of H-pyrrole nitrogens is 1. The van der Waals surface area contributed by atoms with Crippen LogP contribution in [0, 0.1) is 0 Å². The number of para-hydroxylation sites is 1. The molecule has 1 heterocycles. The molecule has 78 valence electrons. The van der Waals surface area contributed by atoms with Gasteiger partial charge in [0.2, 0.25) is 0 Å². The van der Waals surface area contributed by atoms with Gasteiger partial charge in [-0.3, -0.25) is 0 Å². The first-order valence-electron chi connectivity index (χ1n) is 5.19. The first kappa shape index (κ1) is 9.99. The van der Waals surface area contributed by atoms with Crippen molar-refractivity contribution < 1.29 is 5.11 Å². The summed E-state index contributed by atoms with van der Waals surface area (Å²) in [5, 5.41) is 10.1. The summed E-state index contributed by atoms with van der Waals surface area (Å²) in [7, 11) is 0. The normalized spacial score (nSPS) is 10.7. The molecule has 2 heteroatoms. The van der Waals surface area contributed by atoms with E-state index in [4.69, 9.17) is 5.11 Å². The number of nitrogens with one attached hydrogen (secondary N) is 1. The first-order chi connectivity index (χ1) is 7.36. The molecule has 1 aromatic carbocycles. The average Bonchev–Trinajstić information content (AvgIpc) is 2.64. The number of aromatic nitrogens is 1. The highest BCUT2D eigenvalue weighted by molar-refractivity contribution is 5.87. The molecule has 0 radical (unpaired) electrons. The van der Waals surface area contributed by atoms with Crippen molar-refractivity contribution in [3.63, 3.8) is 0 Å². The van der Waals surface area contributed by atoms with Crippen LogP contribution in [0.25, 0.3) is 17.0 Å². The molecule has 2 N–H and O–H groups in total. The molecule has 0 unspecified atom stereocenters. The number of hydrogen-bond acceptors (Lipinski definition) is 1. The van der Waals surface area contributed by atoms with Gasteiger partial charge in [-0.15, -0.1) is 0 Å². The predicted octanol–water partition coefficient (Wildman–Crippen LogP) is 2.74. The molecule has 0 aliphatic heterocycles. The van der Waals surface area contributed by atoms with E-state index in [0.717, 1.165) is 24.1 Å². The van der Waals surface area contributed by atoms with Gasteiger partial charge in [0.25, 0.3) is 0 Å². The Morgan fingerprint density at radius 1 is 1.33 bits per heavy atom. The Bertz CT molecular complexity index is 470. The van der Waals surface area contributed by atoms with E-state index in [1.807, 2.05) is 18.2 Å². The molecule has 0 saturated heterocycles. The molecule has 0 aliphatic carbocycles. The summed E-state index contributed by atoms with van der Waals surface area (Å²) in [4.78, 5) is 3.32. The monoisotopic (exact) mass is 201 g/mol. The maximum absolute atomic E-state index is 8.86. The minimum atomic E-state index is 0.232. The second-order valence-electron chi connectivity index (χ2n) is 3.59. The number of aryl methyl sites for hydroxylation is 1. The van der Waals surface area contributed by atoms with Crippen LogP contribution >= 0.6 is 0 Å². The van der Waals surface area contributed by atoms with Crippen LogP contribution in [0.3, 0.4) is 0 Å². The molecule has 0 spiro atoms. The van der Waals surface area contributed by atoms with Crippen molar-refractivity contribution >= 4 is 17.0 Å². The molecule has 2 nitrogen and oxygen atoms in total. The van der Waals surface area contributed by atoms with Gasteiger partial charge in [-0.2, -0.15) is 0 Å². The van der Waals surface area contributed by atoms with E-state index in [1.54, 1.807) is 0 Å². The topological polar surface area (TPSA) is 36.0 Å². The molecular weight excluding hydrogens is 186 g/mol. The van der Waals surface area contributed by atoms with Crippen LogP contribution in [0.15, 0.2) is 30.8 Å². The number of rotatable bonds is 4. The second-order valence-corrected chi connectivity index (χ2v) is 3.59. The third-order valence-electron chi connectivity index (χ3n) is 2.64. The highest BCUT2D eigenvalue weighted by Crippen LogP contribution is 2.24. The van der Waals surface area contributed by atoms with E-state index in [2.05, 4.69) is 23.7 Å². The van der Waals surface area contributed by atoms with Crippen molar-refractivity contribution in [2.75, 3.05) is 6.61 Å². The lowest BCUT2D eigenvalue weighted by molar-refractivity contribution is 0.289. The quantitative estimate of drug-likeness (QED) is 0.784. The molecule has 0 aliphatic rings. The molecule has 0 amide bonds. The summed E-state index contributed by atoms with van der Waals surface area (Å²) >= 11 is 0. The zero-order chi connectivity index (χ0) is 10.7. The van der Waals surface area contributed by atoms with Gasteiger partial charge in [-0.25, -0.2) is 0 Å². The van der Waals surface area contributed by atoms with Crippen LogP contribution in [0.5, 0.6) is 0 Å². The van der Waals surface area contributed by atoms with Gasteiger partial charge in [-0.1, -0.05) is 24.8 Å². The number of hydrogen-bond donors (Lipinski definition) is 2. The Hall–Kier alpha value is -1.54. The van der Waals surface area contributed by atoms with Crippen LogP contribution in [0.2, 0.25) is 0 Å². The van der Waals surface area contributed by atoms with Crippen LogP contribution < -0.4 is 0 Å². The summed E-state index contributed by atoms with van der Waals surface area (Å²) in [5.41, 5.74) is 3.47. The largest absolute Gasteiger partial charge is 0.396 e. The third-order valence-corrected chi connectivity index (χ3v) is 2.64. The SMILES string of the molecule is C=Cc1[nH]c2ccccc2c1CCCO. The van der Waals surface area contributed by atoms with Crippen molar-refractivity contribution in [2.45, 2.75) is 12.8 Å². The number of aliphatic hydroxyl groups excluding tert-OH is 1. The van der Waals surface area contributed by atoms with E-state index in [1.165, 1.54) is 10.9 Å². The van der Waals surface area contributed by atoms with E-state index in [-0.39, 0.29) is 6.61 Å². The Morgan fingerprint density at radius 2 is 2.13 bits per heavy atom. The highest BCUT2D eigenvalue weighted by Gasteiger charge is 2.07. The number of fused-ring (bicyclic) bond motifs is 1. The van der Waals surface area contributed by atoms with Gasteiger partial charge in [0, 0.05) is 23.2 Å². The summed E-state index contributed by atoms with van der Waals surface area (Å²) in [5.74, 6) is 0. The molecule has 15 heavy (non-hydrogen) atoms. The number of aliphatic hydroxyl groups is 1. The van der Waals surface area contributed by atoms with E-state index in [0.29, 0.717) is 0 Å². The van der Waals surface area contributed by atoms with Crippen LogP contribution in [-0.2, 0) is 6.42 Å². The molecular formula is C13H15NO. The zero-order valence-electron chi connectivity index (χ0n) is 8.66. The smallest absolute Gasteiger partial charge is 0.0461 e. The van der Waals surface area contributed by atoms with Gasteiger partial charge < -0.3 is 10.1 Å². The number of benzene rings is 1. The number of aromatic amines is 1. The lowest BCUT2D eigenvalue weighted by Gasteiger charge is -1.99. The summed E-state index contributed by atoms with van der Waals surface area (Å²) in [6, 6.07) is 8.21. The minimum absolute atomic E-state index is 0.232. The molecule has 0 saturated carbocycles. The van der Waals surface area contributed by atoms with Crippen LogP contribution in [0.1, 0.15) is 17.7 Å². The van der Waals surface area contributed by atoms with E-state index in [9.17, 15) is 0 Å². The Kier molecular flexibility index (Phi) is 2.88. The van der Waals surface area contributed by atoms with Crippen molar-refractivity contribution in [3.8, 4) is 0 Å². The Labute approximate surface area is 89.3 Å². The molecule has 0 atom stereocenters. The van der Waals surface area contributed by atoms with Crippen molar-refractivity contribution in [1.82, 2.24) is 4.98 Å². The summed E-state index contributed by atoms with van der Waals surface area (Å²) in [6.07, 6.45) is 3.53. The van der Waals surface area contributed by atoms with E-state index < -0.39 is 0 Å². The van der Waals surface area contributed by atoms with E-state index >= 15 is 0 Å². The van der Waals surface area contributed by atoms with Gasteiger partial charge >= 0.3 is 0 Å². The molecule has 1 aromatic heterocycles. The maximum Gasteiger partial charge on any atom is 0.0461 e. The third kappa shape index (κ3) is 1.81. The predicted molar refractivity (Wildman–Crippen MR) is 63.8 cm³/mol. The van der Waals surface area contributed by atoms with Crippen molar-refractivity contribution in [3.05, 3.63) is 42.1 Å². The standard InChI is InChI=1S/C13H15NO/c1-2-12-10(7-5-9-15)11-6-3-4-8-13(11)14-12/h2-4,6,8,14-15H,1,5,7,9H2. The van der Waals surface area contributed by atoms with Gasteiger partial charge in [-0.05, 0) is 30.5 Å². The van der Waals surface area contributed by atoms with Crippen LogP contribution in [0.4, 0.5) is 0 Å². The van der Waals surface area contributed by atoms with Crippen molar-refractivity contribution in [2.24, 2.45) is 0 Å². The molecule has 0 fully saturated rings. The zero-order valence-corrected chi connectivity index (χ0v) is 8.66. The fraction of sp³-hybridized carbons (Fsp3) is 0.231.